The number of benzene rings is 1. The molecule has 3 rings (SSSR count). The summed E-state index contributed by atoms with van der Waals surface area (Å²) in [5, 5.41) is 5.08. The van der Waals surface area contributed by atoms with Crippen LogP contribution in [0.2, 0.25) is 0 Å². The van der Waals surface area contributed by atoms with Gasteiger partial charge in [0.15, 0.2) is 5.13 Å². The van der Waals surface area contributed by atoms with Crippen LogP contribution in [-0.4, -0.2) is 68.2 Å². The summed E-state index contributed by atoms with van der Waals surface area (Å²) in [5.41, 5.74) is 1.74. The highest BCUT2D eigenvalue weighted by Gasteiger charge is 2.20. The fraction of sp³-hybridized carbons (Fsp3) is 0.450. The number of ether oxygens (including phenoxy) is 2. The molecule has 0 aliphatic carbocycles. The zero-order chi connectivity index (χ0) is 20.6. The lowest BCUT2D eigenvalue weighted by Crippen LogP contribution is -2.48. The summed E-state index contributed by atoms with van der Waals surface area (Å²) < 4.78 is 10.2. The van der Waals surface area contributed by atoms with E-state index in [2.05, 4.69) is 26.2 Å². The van der Waals surface area contributed by atoms with Gasteiger partial charge < -0.3 is 19.7 Å². The second-order valence-corrected chi connectivity index (χ2v) is 7.50. The summed E-state index contributed by atoms with van der Waals surface area (Å²) in [4.78, 5) is 32.5. The van der Waals surface area contributed by atoms with Crippen LogP contribution in [0, 0.1) is 0 Å². The van der Waals surface area contributed by atoms with Crippen molar-refractivity contribution in [2.75, 3.05) is 56.7 Å². The number of thiazole rings is 1. The molecule has 1 aromatic heterocycles. The number of amides is 1. The molecule has 156 valence electrons. The third-order valence-corrected chi connectivity index (χ3v) is 5.39. The highest BCUT2D eigenvalue weighted by Crippen LogP contribution is 2.22. The molecule has 9 heteroatoms. The first-order valence-electron chi connectivity index (χ1n) is 9.58. The van der Waals surface area contributed by atoms with Crippen molar-refractivity contribution >= 4 is 34.0 Å². The van der Waals surface area contributed by atoms with Crippen LogP contribution in [0.3, 0.4) is 0 Å². The Kier molecular flexibility index (Phi) is 7.42. The Morgan fingerprint density at radius 1 is 1.24 bits per heavy atom. The Morgan fingerprint density at radius 3 is 2.76 bits per heavy atom. The predicted octanol–water partition coefficient (Wildman–Crippen LogP) is 2.02. The molecule has 0 radical (unpaired) electrons. The number of carbonyl (C=O) groups is 2. The van der Waals surface area contributed by atoms with E-state index < -0.39 is 0 Å². The largest absolute Gasteiger partial charge is 0.497 e. The monoisotopic (exact) mass is 418 g/mol. The number of hydrogen-bond acceptors (Lipinski definition) is 8. The van der Waals surface area contributed by atoms with Crippen LogP contribution in [0.4, 0.5) is 10.8 Å². The van der Waals surface area contributed by atoms with Crippen molar-refractivity contribution in [3.05, 3.63) is 35.3 Å². The molecule has 1 fully saturated rings. The van der Waals surface area contributed by atoms with E-state index >= 15 is 0 Å². The second kappa shape index (κ2) is 10.2. The summed E-state index contributed by atoms with van der Waals surface area (Å²) >= 11 is 1.31. The Balaban J connectivity index is 1.44. The molecule has 2 heterocycles. The maximum atomic E-state index is 12.3. The fourth-order valence-electron chi connectivity index (χ4n) is 3.14. The van der Waals surface area contributed by atoms with Gasteiger partial charge in [-0.05, 0) is 19.1 Å². The number of hydrogen-bond donors (Lipinski definition) is 1. The number of methoxy groups -OCH3 is 1. The molecule has 0 bridgehead atoms. The van der Waals surface area contributed by atoms with E-state index in [0.29, 0.717) is 24.0 Å². The van der Waals surface area contributed by atoms with Crippen LogP contribution >= 0.6 is 11.3 Å². The molecular weight excluding hydrogens is 392 g/mol. The quantitative estimate of drug-likeness (QED) is 0.657. The van der Waals surface area contributed by atoms with Crippen LogP contribution in [0.25, 0.3) is 0 Å². The zero-order valence-electron chi connectivity index (χ0n) is 16.7. The van der Waals surface area contributed by atoms with Gasteiger partial charge >= 0.3 is 5.97 Å². The summed E-state index contributed by atoms with van der Waals surface area (Å²) in [6, 6.07) is 8.01. The number of esters is 1. The highest BCUT2D eigenvalue weighted by atomic mass is 32.1. The number of anilines is 2. The van der Waals surface area contributed by atoms with Gasteiger partial charge in [0.05, 0.1) is 32.4 Å². The Bertz CT molecular complexity index is 833. The predicted molar refractivity (Wildman–Crippen MR) is 113 cm³/mol. The number of rotatable bonds is 8. The van der Waals surface area contributed by atoms with E-state index in [4.69, 9.17) is 9.47 Å². The average Bonchev–Trinajstić information content (AvgIpc) is 3.15. The molecule has 1 N–H and O–H groups in total. The van der Waals surface area contributed by atoms with E-state index in [1.807, 2.05) is 18.2 Å². The minimum Gasteiger partial charge on any atom is -0.497 e. The van der Waals surface area contributed by atoms with Gasteiger partial charge in [-0.25, -0.2) is 4.98 Å². The second-order valence-electron chi connectivity index (χ2n) is 6.64. The van der Waals surface area contributed by atoms with E-state index in [1.54, 1.807) is 19.4 Å². The van der Waals surface area contributed by atoms with Crippen LogP contribution in [-0.2, 0) is 20.7 Å². The molecular formula is C20H26N4O4S. The first-order chi connectivity index (χ1) is 14.1. The maximum absolute atomic E-state index is 12.3. The highest BCUT2D eigenvalue weighted by molar-refractivity contribution is 7.13. The van der Waals surface area contributed by atoms with Crippen LogP contribution in [0.5, 0.6) is 5.75 Å². The summed E-state index contributed by atoms with van der Waals surface area (Å²) in [5.74, 6) is 0.427. The zero-order valence-corrected chi connectivity index (χ0v) is 17.5. The van der Waals surface area contributed by atoms with Crippen LogP contribution in [0.1, 0.15) is 12.6 Å². The average molecular weight is 419 g/mol. The van der Waals surface area contributed by atoms with Gasteiger partial charge in [-0.3, -0.25) is 14.5 Å². The molecule has 0 unspecified atom stereocenters. The van der Waals surface area contributed by atoms with Crippen molar-refractivity contribution in [2.24, 2.45) is 0 Å². The molecule has 0 atom stereocenters. The standard InChI is InChI=1S/C20H26N4O4S/c1-3-28-19(26)11-15-14-29-20(21-15)22-18(25)13-23-7-9-24(10-8-23)16-5-4-6-17(12-16)27-2/h4-6,12,14H,3,7-11,13H2,1-2H3,(H,21,22,25). The van der Waals surface area contributed by atoms with Crippen molar-refractivity contribution in [3.8, 4) is 5.75 Å². The lowest BCUT2D eigenvalue weighted by atomic mass is 10.2. The molecule has 1 aromatic carbocycles. The Morgan fingerprint density at radius 2 is 2.03 bits per heavy atom. The van der Waals surface area contributed by atoms with Gasteiger partial charge in [0, 0.05) is 43.3 Å². The van der Waals surface area contributed by atoms with Gasteiger partial charge in [0.2, 0.25) is 5.91 Å². The van der Waals surface area contributed by atoms with E-state index in [-0.39, 0.29) is 18.3 Å². The lowest BCUT2D eigenvalue weighted by molar-refractivity contribution is -0.142. The van der Waals surface area contributed by atoms with E-state index in [1.165, 1.54) is 11.3 Å². The van der Waals surface area contributed by atoms with Crippen LogP contribution in [0.15, 0.2) is 29.6 Å². The summed E-state index contributed by atoms with van der Waals surface area (Å²) in [7, 11) is 1.66. The first kappa shape index (κ1) is 21.1. The first-order valence-corrected chi connectivity index (χ1v) is 10.5. The summed E-state index contributed by atoms with van der Waals surface area (Å²) in [6.45, 7) is 5.73. The fourth-order valence-corrected chi connectivity index (χ4v) is 3.87. The van der Waals surface area contributed by atoms with Crippen molar-refractivity contribution in [1.29, 1.82) is 0 Å². The van der Waals surface area contributed by atoms with Crippen molar-refractivity contribution in [2.45, 2.75) is 13.3 Å². The van der Waals surface area contributed by atoms with Gasteiger partial charge in [-0.15, -0.1) is 11.3 Å². The maximum Gasteiger partial charge on any atom is 0.311 e. The molecule has 1 saturated heterocycles. The van der Waals surface area contributed by atoms with E-state index in [9.17, 15) is 9.59 Å². The van der Waals surface area contributed by atoms with Crippen LogP contribution < -0.4 is 15.0 Å². The van der Waals surface area contributed by atoms with Gasteiger partial charge in [-0.2, -0.15) is 0 Å². The lowest BCUT2D eigenvalue weighted by Gasteiger charge is -2.35. The minimum absolute atomic E-state index is 0.100. The summed E-state index contributed by atoms with van der Waals surface area (Å²) in [6.07, 6.45) is 0.118. The number of piperazine rings is 1. The molecule has 0 spiro atoms. The van der Waals surface area contributed by atoms with Gasteiger partial charge in [0.25, 0.3) is 0 Å². The Hall–Kier alpha value is -2.65. The number of nitrogens with zero attached hydrogens (tertiary/aromatic N) is 3. The normalized spacial score (nSPS) is 14.5. The molecule has 1 aliphatic heterocycles. The molecule has 1 amide bonds. The molecule has 0 saturated carbocycles. The van der Waals surface area contributed by atoms with Gasteiger partial charge in [0.1, 0.15) is 5.75 Å². The number of aromatic nitrogens is 1. The van der Waals surface area contributed by atoms with Crippen molar-refractivity contribution in [3.63, 3.8) is 0 Å². The SMILES string of the molecule is CCOC(=O)Cc1csc(NC(=O)CN2CCN(c3cccc(OC)c3)CC2)n1. The van der Waals surface area contributed by atoms with Crippen molar-refractivity contribution in [1.82, 2.24) is 9.88 Å². The molecule has 1 aliphatic rings. The number of nitrogens with one attached hydrogen (secondary N) is 1. The molecule has 29 heavy (non-hydrogen) atoms. The molecule has 8 nitrogen and oxygen atoms in total. The van der Waals surface area contributed by atoms with Gasteiger partial charge in [-0.1, -0.05) is 6.07 Å². The number of carbonyl (C=O) groups excluding carboxylic acids is 2. The smallest absolute Gasteiger partial charge is 0.311 e. The van der Waals surface area contributed by atoms with E-state index in [0.717, 1.165) is 37.6 Å². The van der Waals surface area contributed by atoms with Crippen molar-refractivity contribution < 1.29 is 19.1 Å². The molecule has 2 aromatic rings. The minimum atomic E-state index is -0.315. The Labute approximate surface area is 174 Å². The third kappa shape index (κ3) is 6.16. The topological polar surface area (TPSA) is 84.0 Å². The third-order valence-electron chi connectivity index (χ3n) is 4.59.